The van der Waals surface area contributed by atoms with Gasteiger partial charge in [-0.05, 0) is 67.5 Å². The van der Waals surface area contributed by atoms with Crippen molar-refractivity contribution in [3.63, 3.8) is 0 Å². The molecule has 0 N–H and O–H groups in total. The predicted molar refractivity (Wildman–Crippen MR) is 113 cm³/mol. The van der Waals surface area contributed by atoms with Crippen molar-refractivity contribution in [1.29, 1.82) is 0 Å². The van der Waals surface area contributed by atoms with Gasteiger partial charge in [0, 0.05) is 17.0 Å². The Bertz CT molecular complexity index is 1110. The summed E-state index contributed by atoms with van der Waals surface area (Å²) < 4.78 is 11.9. The lowest BCUT2D eigenvalue weighted by molar-refractivity contribution is 0.101. The van der Waals surface area contributed by atoms with Crippen molar-refractivity contribution >= 4 is 23.2 Å². The molecule has 0 saturated carbocycles. The van der Waals surface area contributed by atoms with E-state index in [2.05, 4.69) is 32.0 Å². The highest BCUT2D eigenvalue weighted by atomic mass is 32.1. The van der Waals surface area contributed by atoms with Crippen LogP contribution in [-0.2, 0) is 6.61 Å². The summed E-state index contributed by atoms with van der Waals surface area (Å²) in [6, 6.07) is 12.1. The Hall–Kier alpha value is -2.85. The van der Waals surface area contributed by atoms with Crippen LogP contribution in [0.2, 0.25) is 0 Å². The van der Waals surface area contributed by atoms with Gasteiger partial charge in [0.15, 0.2) is 5.76 Å². The van der Waals surface area contributed by atoms with E-state index in [-0.39, 0.29) is 5.78 Å². The third-order valence-corrected chi connectivity index (χ3v) is 5.97. The van der Waals surface area contributed by atoms with Gasteiger partial charge in [-0.25, -0.2) is 0 Å². The molecule has 0 aliphatic carbocycles. The molecule has 3 nitrogen and oxygen atoms in total. The average molecular weight is 391 g/mol. The summed E-state index contributed by atoms with van der Waals surface area (Å²) in [4.78, 5) is 13.8. The molecule has 0 spiro atoms. The van der Waals surface area contributed by atoms with Gasteiger partial charge in [0.05, 0.1) is 5.56 Å². The van der Waals surface area contributed by atoms with Gasteiger partial charge in [0.25, 0.3) is 0 Å². The van der Waals surface area contributed by atoms with E-state index in [1.807, 2.05) is 43.5 Å². The number of allylic oxidation sites excluding steroid dienone is 1. The van der Waals surface area contributed by atoms with E-state index in [0.29, 0.717) is 29.4 Å². The van der Waals surface area contributed by atoms with Crippen LogP contribution in [0.3, 0.4) is 0 Å². The zero-order valence-electron chi connectivity index (χ0n) is 16.5. The molecule has 0 unspecified atom stereocenters. The van der Waals surface area contributed by atoms with E-state index < -0.39 is 0 Å². The van der Waals surface area contributed by atoms with E-state index in [4.69, 9.17) is 9.47 Å². The summed E-state index contributed by atoms with van der Waals surface area (Å²) in [7, 11) is 0. The van der Waals surface area contributed by atoms with Crippen LogP contribution in [0, 0.1) is 27.7 Å². The maximum Gasteiger partial charge on any atom is 0.232 e. The number of rotatable bonds is 4. The highest BCUT2D eigenvalue weighted by molar-refractivity contribution is 7.11. The molecule has 1 aliphatic rings. The van der Waals surface area contributed by atoms with E-state index in [1.165, 1.54) is 11.1 Å². The number of carbonyl (C=O) groups excluding carboxylic acids is 1. The second-order valence-electron chi connectivity index (χ2n) is 7.24. The second kappa shape index (κ2) is 7.28. The molecular weight excluding hydrogens is 368 g/mol. The van der Waals surface area contributed by atoms with Gasteiger partial charge in [-0.2, -0.15) is 0 Å². The molecule has 0 radical (unpaired) electrons. The summed E-state index contributed by atoms with van der Waals surface area (Å²) in [5, 5.41) is 2.01. The predicted octanol–water partition coefficient (Wildman–Crippen LogP) is 6.18. The van der Waals surface area contributed by atoms with Crippen LogP contribution < -0.4 is 9.47 Å². The fourth-order valence-electron chi connectivity index (χ4n) is 3.33. The van der Waals surface area contributed by atoms with Crippen LogP contribution in [-0.4, -0.2) is 5.78 Å². The Morgan fingerprint density at radius 1 is 1.00 bits per heavy atom. The standard InChI is InChI=1S/C24H22O3S/c1-14-5-6-15(2)18(9-14)13-26-19-10-17(4)23-20(11-19)27-21(24(23)25)12-22-16(3)7-8-28-22/h5-12H,13H2,1-4H3/b21-12-. The summed E-state index contributed by atoms with van der Waals surface area (Å²) in [6.07, 6.45) is 1.83. The lowest BCUT2D eigenvalue weighted by Crippen LogP contribution is -2.00. The Labute approximate surface area is 169 Å². The first kappa shape index (κ1) is 18.5. The Balaban J connectivity index is 1.59. The fourth-order valence-corrected chi connectivity index (χ4v) is 4.18. The van der Waals surface area contributed by atoms with Crippen LogP contribution in [0.1, 0.15) is 43.1 Å². The molecule has 0 saturated heterocycles. The molecule has 4 heteroatoms. The summed E-state index contributed by atoms with van der Waals surface area (Å²) in [5.74, 6) is 1.58. The zero-order chi connectivity index (χ0) is 19.8. The molecule has 4 rings (SSSR count). The summed E-state index contributed by atoms with van der Waals surface area (Å²) >= 11 is 1.60. The van der Waals surface area contributed by atoms with Crippen LogP contribution in [0.4, 0.5) is 0 Å². The van der Waals surface area contributed by atoms with Gasteiger partial charge in [-0.1, -0.05) is 23.8 Å². The molecule has 1 aromatic heterocycles. The first-order valence-electron chi connectivity index (χ1n) is 9.24. The molecule has 0 amide bonds. The number of ether oxygens (including phenoxy) is 2. The average Bonchev–Trinajstić information content (AvgIpc) is 3.20. The van der Waals surface area contributed by atoms with Gasteiger partial charge in [0.2, 0.25) is 5.78 Å². The minimum atomic E-state index is -0.0682. The molecular formula is C24H22O3S. The number of ketones is 1. The third kappa shape index (κ3) is 3.48. The van der Waals surface area contributed by atoms with E-state index in [9.17, 15) is 4.79 Å². The molecule has 2 aromatic carbocycles. The van der Waals surface area contributed by atoms with Gasteiger partial charge in [-0.3, -0.25) is 4.79 Å². The molecule has 3 aromatic rings. The number of hydrogen-bond donors (Lipinski definition) is 0. The van der Waals surface area contributed by atoms with Crippen LogP contribution >= 0.6 is 11.3 Å². The number of Topliss-reactive ketones (excluding diaryl/α,β-unsaturated/α-hetero) is 1. The van der Waals surface area contributed by atoms with Gasteiger partial charge in [-0.15, -0.1) is 11.3 Å². The van der Waals surface area contributed by atoms with Crippen molar-refractivity contribution in [2.75, 3.05) is 0 Å². The quantitative estimate of drug-likeness (QED) is 0.499. The van der Waals surface area contributed by atoms with Crippen molar-refractivity contribution < 1.29 is 14.3 Å². The van der Waals surface area contributed by atoms with E-state index in [1.54, 1.807) is 11.3 Å². The number of benzene rings is 2. The van der Waals surface area contributed by atoms with Crippen molar-refractivity contribution in [3.05, 3.63) is 85.8 Å². The maximum absolute atomic E-state index is 12.8. The molecule has 2 heterocycles. The molecule has 28 heavy (non-hydrogen) atoms. The van der Waals surface area contributed by atoms with Crippen molar-refractivity contribution in [3.8, 4) is 11.5 Å². The largest absolute Gasteiger partial charge is 0.489 e. The maximum atomic E-state index is 12.8. The topological polar surface area (TPSA) is 35.5 Å². The highest BCUT2D eigenvalue weighted by Gasteiger charge is 2.30. The molecule has 0 atom stereocenters. The van der Waals surface area contributed by atoms with Crippen molar-refractivity contribution in [2.24, 2.45) is 0 Å². The normalized spacial score (nSPS) is 14.3. The smallest absolute Gasteiger partial charge is 0.232 e. The van der Waals surface area contributed by atoms with Crippen molar-refractivity contribution in [2.45, 2.75) is 34.3 Å². The van der Waals surface area contributed by atoms with E-state index >= 15 is 0 Å². The third-order valence-electron chi connectivity index (χ3n) is 5.01. The molecule has 1 aliphatic heterocycles. The van der Waals surface area contributed by atoms with Crippen LogP contribution in [0.25, 0.3) is 6.08 Å². The van der Waals surface area contributed by atoms with Crippen molar-refractivity contribution in [1.82, 2.24) is 0 Å². The molecule has 0 fully saturated rings. The number of thiophene rings is 1. The van der Waals surface area contributed by atoms with Crippen LogP contribution in [0.5, 0.6) is 11.5 Å². The number of hydrogen-bond acceptors (Lipinski definition) is 4. The zero-order valence-corrected chi connectivity index (χ0v) is 17.3. The van der Waals surface area contributed by atoms with Gasteiger partial charge < -0.3 is 9.47 Å². The van der Waals surface area contributed by atoms with Crippen LogP contribution in [0.15, 0.2) is 47.5 Å². The lowest BCUT2D eigenvalue weighted by Gasteiger charge is -2.11. The fraction of sp³-hybridized carbons (Fsp3) is 0.208. The number of fused-ring (bicyclic) bond motifs is 1. The number of carbonyl (C=O) groups is 1. The Morgan fingerprint density at radius 3 is 2.57 bits per heavy atom. The molecule has 0 bridgehead atoms. The van der Waals surface area contributed by atoms with Gasteiger partial charge >= 0.3 is 0 Å². The minimum Gasteiger partial charge on any atom is -0.489 e. The SMILES string of the molecule is Cc1ccc(C)c(COc2cc(C)c3c(c2)O/C(=C\c2sccc2C)C3=O)c1. The monoisotopic (exact) mass is 390 g/mol. The molecule has 142 valence electrons. The summed E-state index contributed by atoms with van der Waals surface area (Å²) in [5.41, 5.74) is 6.20. The lowest BCUT2D eigenvalue weighted by atomic mass is 10.0. The number of aryl methyl sites for hydroxylation is 4. The Morgan fingerprint density at radius 2 is 1.82 bits per heavy atom. The Kier molecular flexibility index (Phi) is 4.82. The first-order chi connectivity index (χ1) is 13.4. The minimum absolute atomic E-state index is 0.0682. The summed E-state index contributed by atoms with van der Waals surface area (Å²) in [6.45, 7) is 8.59. The highest BCUT2D eigenvalue weighted by Crippen LogP contribution is 2.38. The first-order valence-corrected chi connectivity index (χ1v) is 10.1. The van der Waals surface area contributed by atoms with E-state index in [0.717, 1.165) is 21.6 Å². The second-order valence-corrected chi connectivity index (χ2v) is 8.19. The van der Waals surface area contributed by atoms with Gasteiger partial charge in [0.1, 0.15) is 18.1 Å².